The predicted octanol–water partition coefficient (Wildman–Crippen LogP) is 5.49. The van der Waals surface area contributed by atoms with E-state index in [9.17, 15) is 4.39 Å². The van der Waals surface area contributed by atoms with Crippen LogP contribution in [0.1, 0.15) is 5.56 Å². The van der Waals surface area contributed by atoms with Crippen molar-refractivity contribution in [2.24, 2.45) is 15.4 Å². The molecular weight excluding hydrogens is 379 g/mol. The molecule has 28 heavy (non-hydrogen) atoms. The van der Waals surface area contributed by atoms with Crippen molar-refractivity contribution in [3.8, 4) is 0 Å². The quantitative estimate of drug-likeness (QED) is 0.470. The number of aromatic nitrogens is 2. The van der Waals surface area contributed by atoms with E-state index in [0.717, 1.165) is 33.0 Å². The van der Waals surface area contributed by atoms with Crippen molar-refractivity contribution < 1.29 is 4.39 Å². The van der Waals surface area contributed by atoms with Gasteiger partial charge < -0.3 is 5.32 Å². The van der Waals surface area contributed by atoms with E-state index < -0.39 is 5.82 Å². The number of hydrogen-bond donors (Lipinski definition) is 1. The highest BCUT2D eigenvalue weighted by atomic mass is 35.5. The van der Waals surface area contributed by atoms with Crippen molar-refractivity contribution in [1.82, 2.24) is 9.97 Å². The topological polar surface area (TPSA) is 74.9 Å². The van der Waals surface area contributed by atoms with Crippen LogP contribution in [-0.2, 0) is 0 Å². The fourth-order valence-corrected chi connectivity index (χ4v) is 3.32. The van der Waals surface area contributed by atoms with Gasteiger partial charge in [0.1, 0.15) is 18.2 Å². The lowest BCUT2D eigenvalue weighted by Gasteiger charge is -2.12. The number of halogens is 2. The van der Waals surface area contributed by atoms with Crippen LogP contribution >= 0.6 is 11.6 Å². The first-order chi connectivity index (χ1) is 13.7. The summed E-state index contributed by atoms with van der Waals surface area (Å²) in [5.41, 5.74) is 3.03. The Morgan fingerprint density at radius 1 is 1.00 bits per heavy atom. The Balaban J connectivity index is 1.68. The van der Waals surface area contributed by atoms with E-state index in [2.05, 4.69) is 25.7 Å². The van der Waals surface area contributed by atoms with Crippen molar-refractivity contribution in [3.05, 3.63) is 71.3 Å². The highest BCUT2D eigenvalue weighted by Gasteiger charge is 2.13. The molecule has 0 amide bonds. The molecule has 0 atom stereocenters. The largest absolute Gasteiger partial charge is 0.340 e. The molecule has 0 fully saturated rings. The van der Waals surface area contributed by atoms with Gasteiger partial charge >= 0.3 is 0 Å². The SMILES string of the molecule is Fc1cc(Nc2nc3cc(C4=NN=NC4)ccc3c3cnccc23)ccc1Cl. The Hall–Kier alpha value is -3.45. The monoisotopic (exact) mass is 390 g/mol. The highest BCUT2D eigenvalue weighted by molar-refractivity contribution is 6.30. The van der Waals surface area contributed by atoms with E-state index in [1.165, 1.54) is 12.1 Å². The zero-order valence-corrected chi connectivity index (χ0v) is 15.2. The smallest absolute Gasteiger partial charge is 0.143 e. The van der Waals surface area contributed by atoms with Gasteiger partial charge in [0.15, 0.2) is 0 Å². The Bertz CT molecular complexity index is 1300. The zero-order chi connectivity index (χ0) is 19.1. The van der Waals surface area contributed by atoms with Gasteiger partial charge in [-0.2, -0.15) is 5.11 Å². The Kier molecular flexibility index (Phi) is 3.95. The van der Waals surface area contributed by atoms with Crippen LogP contribution in [0, 0.1) is 5.82 Å². The average molecular weight is 391 g/mol. The first-order valence-electron chi connectivity index (χ1n) is 8.52. The van der Waals surface area contributed by atoms with Crippen LogP contribution in [0.4, 0.5) is 15.9 Å². The van der Waals surface area contributed by atoms with Crippen LogP contribution in [-0.4, -0.2) is 22.2 Å². The molecule has 8 heteroatoms. The van der Waals surface area contributed by atoms with Gasteiger partial charge in [0, 0.05) is 39.8 Å². The number of benzene rings is 2. The summed E-state index contributed by atoms with van der Waals surface area (Å²) in [6.45, 7) is 0.454. The van der Waals surface area contributed by atoms with Crippen LogP contribution in [0.25, 0.3) is 21.7 Å². The van der Waals surface area contributed by atoms with Crippen LogP contribution in [0.2, 0.25) is 5.02 Å². The Labute approximate surface area is 163 Å². The third-order valence-electron chi connectivity index (χ3n) is 4.56. The molecule has 0 saturated carbocycles. The first-order valence-corrected chi connectivity index (χ1v) is 8.90. The van der Waals surface area contributed by atoms with Crippen molar-refractivity contribution in [1.29, 1.82) is 0 Å². The van der Waals surface area contributed by atoms with Crippen molar-refractivity contribution in [2.75, 3.05) is 11.9 Å². The molecule has 6 nitrogen and oxygen atoms in total. The lowest BCUT2D eigenvalue weighted by atomic mass is 10.0. The van der Waals surface area contributed by atoms with Gasteiger partial charge in [0.25, 0.3) is 0 Å². The molecule has 0 saturated heterocycles. The van der Waals surface area contributed by atoms with Crippen molar-refractivity contribution in [2.45, 2.75) is 0 Å². The first kappa shape index (κ1) is 16.7. The third-order valence-corrected chi connectivity index (χ3v) is 4.87. The van der Waals surface area contributed by atoms with Crippen LogP contribution < -0.4 is 5.32 Å². The molecule has 0 spiro atoms. The predicted molar refractivity (Wildman–Crippen MR) is 108 cm³/mol. The van der Waals surface area contributed by atoms with Gasteiger partial charge in [-0.15, -0.1) is 5.10 Å². The molecular formula is C20H12ClFN6. The summed E-state index contributed by atoms with van der Waals surface area (Å²) in [5, 5.41) is 17.7. The third kappa shape index (κ3) is 2.86. The molecule has 4 aromatic rings. The van der Waals surface area contributed by atoms with Gasteiger partial charge in [-0.3, -0.25) is 4.98 Å². The van der Waals surface area contributed by atoms with Crippen LogP contribution in [0.15, 0.2) is 70.3 Å². The zero-order valence-electron chi connectivity index (χ0n) is 14.4. The maximum absolute atomic E-state index is 13.8. The second kappa shape index (κ2) is 6.61. The number of fused-ring (bicyclic) bond motifs is 3. The van der Waals surface area contributed by atoms with Gasteiger partial charge in [0.2, 0.25) is 0 Å². The summed E-state index contributed by atoms with van der Waals surface area (Å²) in [6, 6.07) is 12.4. The maximum Gasteiger partial charge on any atom is 0.143 e. The second-order valence-electron chi connectivity index (χ2n) is 6.30. The summed E-state index contributed by atoms with van der Waals surface area (Å²) < 4.78 is 13.8. The van der Waals surface area contributed by atoms with E-state index in [-0.39, 0.29) is 5.02 Å². The average Bonchev–Trinajstić information content (AvgIpc) is 3.25. The molecule has 136 valence electrons. The van der Waals surface area contributed by atoms with Crippen LogP contribution in [0.5, 0.6) is 0 Å². The number of rotatable bonds is 3. The van der Waals surface area contributed by atoms with Gasteiger partial charge in [0.05, 0.1) is 16.3 Å². The van der Waals surface area contributed by atoms with E-state index in [0.29, 0.717) is 18.1 Å². The van der Waals surface area contributed by atoms with Gasteiger partial charge in [-0.05, 0) is 35.6 Å². The Morgan fingerprint density at radius 2 is 1.93 bits per heavy atom. The molecule has 0 bridgehead atoms. The number of hydrogen-bond acceptors (Lipinski definition) is 6. The van der Waals surface area contributed by atoms with Gasteiger partial charge in [-0.1, -0.05) is 23.7 Å². The molecule has 0 unspecified atom stereocenters. The van der Waals surface area contributed by atoms with Gasteiger partial charge in [-0.25, -0.2) is 9.37 Å². The lowest BCUT2D eigenvalue weighted by molar-refractivity contribution is 0.629. The molecule has 1 N–H and O–H groups in total. The van der Waals surface area contributed by atoms with E-state index in [4.69, 9.17) is 16.6 Å². The summed E-state index contributed by atoms with van der Waals surface area (Å²) >= 11 is 5.78. The number of nitrogens with one attached hydrogen (secondary N) is 1. The van der Waals surface area contributed by atoms with Crippen LogP contribution in [0.3, 0.4) is 0 Å². The summed E-state index contributed by atoms with van der Waals surface area (Å²) in [6.07, 6.45) is 3.50. The Morgan fingerprint density at radius 3 is 2.75 bits per heavy atom. The van der Waals surface area contributed by atoms with E-state index in [1.54, 1.807) is 18.5 Å². The number of pyridine rings is 2. The normalized spacial score (nSPS) is 13.3. The minimum atomic E-state index is -0.493. The van der Waals surface area contributed by atoms with Crippen molar-refractivity contribution in [3.63, 3.8) is 0 Å². The minimum Gasteiger partial charge on any atom is -0.340 e. The molecule has 2 aromatic carbocycles. The lowest BCUT2D eigenvalue weighted by Crippen LogP contribution is -2.02. The summed E-state index contributed by atoms with van der Waals surface area (Å²) in [4.78, 5) is 9.02. The number of anilines is 2. The molecule has 0 aliphatic carbocycles. The number of nitrogens with zero attached hydrogens (tertiary/aromatic N) is 5. The molecule has 0 radical (unpaired) electrons. The maximum atomic E-state index is 13.8. The summed E-state index contributed by atoms with van der Waals surface area (Å²) in [7, 11) is 0. The minimum absolute atomic E-state index is 0.0730. The highest BCUT2D eigenvalue weighted by Crippen LogP contribution is 2.32. The fraction of sp³-hybridized carbons (Fsp3) is 0.0500. The molecule has 2 aromatic heterocycles. The van der Waals surface area contributed by atoms with Crippen molar-refractivity contribution >= 4 is 50.5 Å². The molecule has 1 aliphatic rings. The second-order valence-corrected chi connectivity index (χ2v) is 6.71. The summed E-state index contributed by atoms with van der Waals surface area (Å²) in [5.74, 6) is 0.110. The fourth-order valence-electron chi connectivity index (χ4n) is 3.20. The molecule has 1 aliphatic heterocycles. The standard InChI is InChI=1S/C20H12ClFN6/c21-16-4-2-12(8-17(16)22)25-20-14-5-6-23-9-15(14)13-3-1-11(7-18(13)26-20)19-10-24-28-27-19/h1-9H,10H2,(H,25,26). The van der Waals surface area contributed by atoms with E-state index in [1.807, 2.05) is 24.3 Å². The van der Waals surface area contributed by atoms with E-state index >= 15 is 0 Å². The molecule has 5 rings (SSSR count). The molecule has 3 heterocycles.